The Balaban J connectivity index is 2.24. The van der Waals surface area contributed by atoms with E-state index in [0.29, 0.717) is 11.9 Å². The first-order valence-electron chi connectivity index (χ1n) is 4.65. The van der Waals surface area contributed by atoms with Gasteiger partial charge in [-0.1, -0.05) is 0 Å². The van der Waals surface area contributed by atoms with Gasteiger partial charge in [-0.05, 0) is 19.3 Å². The van der Waals surface area contributed by atoms with Crippen molar-refractivity contribution in [1.82, 2.24) is 9.78 Å². The van der Waals surface area contributed by atoms with Gasteiger partial charge in [0.2, 0.25) is 0 Å². The molecule has 1 heterocycles. The molecule has 2 N–H and O–H groups in total. The summed E-state index contributed by atoms with van der Waals surface area (Å²) < 4.78 is 6.28. The minimum atomic E-state index is -0.435. The van der Waals surface area contributed by atoms with E-state index >= 15 is 0 Å². The predicted molar refractivity (Wildman–Crippen MR) is 50.9 cm³/mol. The molecule has 1 fully saturated rings. The third-order valence-corrected chi connectivity index (χ3v) is 2.58. The van der Waals surface area contributed by atoms with Crippen LogP contribution in [0.1, 0.15) is 35.8 Å². The highest BCUT2D eigenvalue weighted by molar-refractivity contribution is 5.87. The van der Waals surface area contributed by atoms with Crippen molar-refractivity contribution in [3.8, 4) is 0 Å². The summed E-state index contributed by atoms with van der Waals surface area (Å²) in [5, 5.41) is 4.12. The second kappa shape index (κ2) is 3.32. The van der Waals surface area contributed by atoms with E-state index in [1.165, 1.54) is 13.5 Å². The van der Waals surface area contributed by atoms with Crippen LogP contribution in [0.2, 0.25) is 0 Å². The molecule has 0 aromatic carbocycles. The van der Waals surface area contributed by atoms with Gasteiger partial charge in [0, 0.05) is 6.07 Å². The van der Waals surface area contributed by atoms with Crippen molar-refractivity contribution < 1.29 is 9.53 Å². The Morgan fingerprint density at radius 1 is 1.71 bits per heavy atom. The predicted octanol–water partition coefficient (Wildman–Crippen LogP) is 0.977. The number of esters is 1. The molecular formula is C9H13N3O2. The van der Waals surface area contributed by atoms with E-state index < -0.39 is 5.97 Å². The van der Waals surface area contributed by atoms with Gasteiger partial charge in [-0.25, -0.2) is 9.48 Å². The number of nitrogens with zero attached hydrogens (tertiary/aromatic N) is 2. The van der Waals surface area contributed by atoms with E-state index in [-0.39, 0.29) is 5.69 Å². The van der Waals surface area contributed by atoms with Crippen LogP contribution in [0.15, 0.2) is 6.07 Å². The van der Waals surface area contributed by atoms with Crippen molar-refractivity contribution in [1.29, 1.82) is 0 Å². The maximum absolute atomic E-state index is 11.2. The monoisotopic (exact) mass is 195 g/mol. The van der Waals surface area contributed by atoms with Crippen LogP contribution in [0.25, 0.3) is 0 Å². The molecule has 1 aromatic heterocycles. The number of hydrogen-bond acceptors (Lipinski definition) is 4. The SMILES string of the molecule is COC(=O)c1cc(N)n(C2CCC2)n1. The van der Waals surface area contributed by atoms with Crippen molar-refractivity contribution in [3.63, 3.8) is 0 Å². The lowest BCUT2D eigenvalue weighted by molar-refractivity contribution is 0.0592. The molecule has 2 rings (SSSR count). The van der Waals surface area contributed by atoms with E-state index in [1.54, 1.807) is 10.7 Å². The molecule has 1 aliphatic rings. The Labute approximate surface area is 81.8 Å². The van der Waals surface area contributed by atoms with Gasteiger partial charge >= 0.3 is 5.97 Å². The number of nitrogens with two attached hydrogens (primary N) is 1. The Bertz CT molecular complexity index is 355. The zero-order valence-corrected chi connectivity index (χ0v) is 8.06. The van der Waals surface area contributed by atoms with Crippen molar-refractivity contribution in [2.24, 2.45) is 0 Å². The smallest absolute Gasteiger partial charge is 0.358 e. The highest BCUT2D eigenvalue weighted by atomic mass is 16.5. The fraction of sp³-hybridized carbons (Fsp3) is 0.556. The summed E-state index contributed by atoms with van der Waals surface area (Å²) in [5.41, 5.74) is 6.03. The number of methoxy groups -OCH3 is 1. The molecular weight excluding hydrogens is 182 g/mol. The van der Waals surface area contributed by atoms with Crippen molar-refractivity contribution in [2.45, 2.75) is 25.3 Å². The minimum Gasteiger partial charge on any atom is -0.464 e. The second-order valence-electron chi connectivity index (χ2n) is 3.48. The molecule has 0 saturated heterocycles. The third kappa shape index (κ3) is 1.34. The van der Waals surface area contributed by atoms with Crippen LogP contribution >= 0.6 is 0 Å². The van der Waals surface area contributed by atoms with Gasteiger partial charge in [-0.3, -0.25) is 0 Å². The molecule has 0 amide bonds. The first-order valence-corrected chi connectivity index (χ1v) is 4.65. The van der Waals surface area contributed by atoms with Gasteiger partial charge in [0.25, 0.3) is 0 Å². The maximum Gasteiger partial charge on any atom is 0.358 e. The molecule has 0 aliphatic heterocycles. The largest absolute Gasteiger partial charge is 0.464 e. The Kier molecular flexibility index (Phi) is 2.15. The lowest BCUT2D eigenvalue weighted by Crippen LogP contribution is -2.20. The van der Waals surface area contributed by atoms with E-state index in [2.05, 4.69) is 9.84 Å². The standard InChI is InChI=1S/C9H13N3O2/c1-14-9(13)7-5-8(10)12(11-7)6-3-2-4-6/h5-6H,2-4,10H2,1H3. The van der Waals surface area contributed by atoms with Gasteiger partial charge in [-0.15, -0.1) is 0 Å². The maximum atomic E-state index is 11.2. The summed E-state index contributed by atoms with van der Waals surface area (Å²) >= 11 is 0. The number of carbonyl (C=O) groups excluding carboxylic acids is 1. The summed E-state index contributed by atoms with van der Waals surface area (Å²) in [5.74, 6) is 0.102. The molecule has 0 spiro atoms. The zero-order valence-electron chi connectivity index (χ0n) is 8.06. The van der Waals surface area contributed by atoms with Gasteiger partial charge in [0.1, 0.15) is 5.82 Å². The van der Waals surface area contributed by atoms with E-state index in [0.717, 1.165) is 12.8 Å². The summed E-state index contributed by atoms with van der Waals surface area (Å²) in [7, 11) is 1.33. The van der Waals surface area contributed by atoms with E-state index in [4.69, 9.17) is 5.73 Å². The molecule has 0 unspecified atom stereocenters. The van der Waals surface area contributed by atoms with Gasteiger partial charge in [0.15, 0.2) is 5.69 Å². The molecule has 1 aliphatic carbocycles. The van der Waals surface area contributed by atoms with Crippen LogP contribution < -0.4 is 5.73 Å². The fourth-order valence-corrected chi connectivity index (χ4v) is 1.54. The van der Waals surface area contributed by atoms with Crippen LogP contribution in [0.5, 0.6) is 0 Å². The fourth-order valence-electron chi connectivity index (χ4n) is 1.54. The van der Waals surface area contributed by atoms with Crippen molar-refractivity contribution >= 4 is 11.8 Å². The number of anilines is 1. The van der Waals surface area contributed by atoms with E-state index in [1.807, 2.05) is 0 Å². The van der Waals surface area contributed by atoms with Crippen LogP contribution in [-0.4, -0.2) is 22.9 Å². The van der Waals surface area contributed by atoms with Gasteiger partial charge < -0.3 is 10.5 Å². The summed E-state index contributed by atoms with van der Waals surface area (Å²) in [6.07, 6.45) is 3.39. The Hall–Kier alpha value is -1.52. The van der Waals surface area contributed by atoms with Crippen molar-refractivity contribution in [2.75, 3.05) is 12.8 Å². The lowest BCUT2D eigenvalue weighted by atomic mass is 9.93. The molecule has 5 heteroatoms. The summed E-state index contributed by atoms with van der Waals surface area (Å²) in [6.45, 7) is 0. The molecule has 1 saturated carbocycles. The number of nitrogen functional groups attached to an aromatic ring is 1. The highest BCUT2D eigenvalue weighted by Gasteiger charge is 2.24. The highest BCUT2D eigenvalue weighted by Crippen LogP contribution is 2.32. The van der Waals surface area contributed by atoms with Crippen molar-refractivity contribution in [3.05, 3.63) is 11.8 Å². The van der Waals surface area contributed by atoms with Crippen LogP contribution in [0.4, 0.5) is 5.82 Å². The zero-order chi connectivity index (χ0) is 10.1. The summed E-state index contributed by atoms with van der Waals surface area (Å²) in [4.78, 5) is 11.2. The minimum absolute atomic E-state index is 0.289. The topological polar surface area (TPSA) is 70.1 Å². The van der Waals surface area contributed by atoms with E-state index in [9.17, 15) is 4.79 Å². The lowest BCUT2D eigenvalue weighted by Gasteiger charge is -2.26. The third-order valence-electron chi connectivity index (χ3n) is 2.58. The molecule has 14 heavy (non-hydrogen) atoms. The van der Waals surface area contributed by atoms with Gasteiger partial charge in [-0.2, -0.15) is 5.10 Å². The van der Waals surface area contributed by atoms with Crippen LogP contribution in [-0.2, 0) is 4.74 Å². The average molecular weight is 195 g/mol. The first kappa shape index (κ1) is 9.05. The number of ether oxygens (including phenoxy) is 1. The number of aromatic nitrogens is 2. The molecule has 76 valence electrons. The second-order valence-corrected chi connectivity index (χ2v) is 3.48. The number of carbonyl (C=O) groups is 1. The van der Waals surface area contributed by atoms with Crippen LogP contribution in [0.3, 0.4) is 0 Å². The molecule has 5 nitrogen and oxygen atoms in total. The average Bonchev–Trinajstić information content (AvgIpc) is 2.44. The molecule has 0 radical (unpaired) electrons. The van der Waals surface area contributed by atoms with Crippen LogP contribution in [0, 0.1) is 0 Å². The molecule has 0 bridgehead atoms. The number of hydrogen-bond donors (Lipinski definition) is 1. The van der Waals surface area contributed by atoms with Gasteiger partial charge in [0.05, 0.1) is 13.2 Å². The molecule has 1 aromatic rings. The normalized spacial score (nSPS) is 16.4. The number of rotatable bonds is 2. The Morgan fingerprint density at radius 3 is 2.93 bits per heavy atom. The summed E-state index contributed by atoms with van der Waals surface area (Å²) in [6, 6.07) is 1.93. The Morgan fingerprint density at radius 2 is 2.43 bits per heavy atom. The quantitative estimate of drug-likeness (QED) is 0.714. The molecule has 0 atom stereocenters. The first-order chi connectivity index (χ1) is 6.72.